The van der Waals surface area contributed by atoms with E-state index in [9.17, 15) is 0 Å². The lowest BCUT2D eigenvalue weighted by Crippen LogP contribution is -2.41. The zero-order valence-corrected chi connectivity index (χ0v) is 11.8. The third-order valence-corrected chi connectivity index (χ3v) is 4.32. The molecular formula is C11H18BNO3S. The molecular weight excluding hydrogens is 237 g/mol. The molecule has 0 radical (unpaired) electrons. The van der Waals surface area contributed by atoms with Crippen LogP contribution in [0.1, 0.15) is 32.7 Å². The fraction of sp³-hybridized carbons (Fsp3) is 0.727. The molecule has 0 spiro atoms. The highest BCUT2D eigenvalue weighted by atomic mass is 32.1. The van der Waals surface area contributed by atoms with Crippen LogP contribution in [0.3, 0.4) is 0 Å². The molecule has 0 N–H and O–H groups in total. The van der Waals surface area contributed by atoms with Gasteiger partial charge in [-0.15, -0.1) is 11.3 Å². The van der Waals surface area contributed by atoms with E-state index in [1.165, 1.54) is 0 Å². The fourth-order valence-corrected chi connectivity index (χ4v) is 2.43. The summed E-state index contributed by atoms with van der Waals surface area (Å²) in [7, 11) is 1.35. The number of hydrogen-bond donors (Lipinski definition) is 0. The standard InChI is InChI=1S/C11H18BNO3S/c1-10(2)11(3,4)16-12(15-10)8-6-13-9(17-8)7-14-5/h6H,7H2,1-5H3. The van der Waals surface area contributed by atoms with Crippen molar-refractivity contribution < 1.29 is 14.0 Å². The number of rotatable bonds is 3. The minimum Gasteiger partial charge on any atom is -0.399 e. The molecule has 17 heavy (non-hydrogen) atoms. The minimum atomic E-state index is -0.317. The zero-order valence-electron chi connectivity index (χ0n) is 10.9. The zero-order chi connectivity index (χ0) is 12.7. The molecule has 94 valence electrons. The topological polar surface area (TPSA) is 40.6 Å². The largest absolute Gasteiger partial charge is 0.507 e. The second kappa shape index (κ2) is 4.35. The molecule has 0 saturated carbocycles. The maximum atomic E-state index is 5.95. The summed E-state index contributed by atoms with van der Waals surface area (Å²) >= 11 is 1.57. The summed E-state index contributed by atoms with van der Waals surface area (Å²) in [5.41, 5.74) is -0.605. The van der Waals surface area contributed by atoms with Gasteiger partial charge < -0.3 is 14.0 Å². The molecule has 0 bridgehead atoms. The van der Waals surface area contributed by atoms with E-state index < -0.39 is 0 Å². The van der Waals surface area contributed by atoms with E-state index in [4.69, 9.17) is 14.0 Å². The lowest BCUT2D eigenvalue weighted by Gasteiger charge is -2.32. The quantitative estimate of drug-likeness (QED) is 0.769. The first kappa shape index (κ1) is 13.0. The molecule has 6 heteroatoms. The Balaban J connectivity index is 2.14. The summed E-state index contributed by atoms with van der Waals surface area (Å²) in [6, 6.07) is 0. The molecule has 0 atom stereocenters. The van der Waals surface area contributed by atoms with E-state index in [1.807, 2.05) is 27.7 Å². The highest BCUT2D eigenvalue weighted by Crippen LogP contribution is 2.36. The third-order valence-electron chi connectivity index (χ3n) is 3.32. The molecule has 1 aromatic rings. The number of thiazole rings is 1. The maximum Gasteiger partial charge on any atom is 0.507 e. The van der Waals surface area contributed by atoms with Gasteiger partial charge in [0, 0.05) is 13.3 Å². The predicted octanol–water partition coefficient (Wildman–Crippen LogP) is 1.59. The van der Waals surface area contributed by atoms with Crippen LogP contribution in [-0.2, 0) is 20.7 Å². The fourth-order valence-electron chi connectivity index (χ4n) is 1.58. The smallest absolute Gasteiger partial charge is 0.399 e. The Labute approximate surface area is 106 Å². The number of methoxy groups -OCH3 is 1. The predicted molar refractivity (Wildman–Crippen MR) is 68.5 cm³/mol. The summed E-state index contributed by atoms with van der Waals surface area (Å²) in [4.78, 5) is 4.28. The van der Waals surface area contributed by atoms with Gasteiger partial charge in [0.05, 0.1) is 22.6 Å². The van der Waals surface area contributed by atoms with Crippen molar-refractivity contribution in [3.8, 4) is 0 Å². The van der Waals surface area contributed by atoms with Crippen LogP contribution in [0.2, 0.25) is 0 Å². The van der Waals surface area contributed by atoms with Gasteiger partial charge in [-0.1, -0.05) is 0 Å². The highest BCUT2D eigenvalue weighted by molar-refractivity contribution is 7.22. The number of hydrogen-bond acceptors (Lipinski definition) is 5. The number of nitrogens with zero attached hydrogens (tertiary/aromatic N) is 1. The van der Waals surface area contributed by atoms with E-state index in [0.717, 1.165) is 9.78 Å². The molecule has 1 fully saturated rings. The molecule has 1 saturated heterocycles. The van der Waals surface area contributed by atoms with Crippen LogP contribution >= 0.6 is 11.3 Å². The molecule has 0 amide bonds. The Kier molecular flexibility index (Phi) is 3.33. The molecule has 1 aliphatic heterocycles. The SMILES string of the molecule is COCc1ncc(B2OC(C)(C)C(C)(C)O2)s1. The van der Waals surface area contributed by atoms with Gasteiger partial charge in [0.1, 0.15) is 5.01 Å². The van der Waals surface area contributed by atoms with E-state index >= 15 is 0 Å². The van der Waals surface area contributed by atoms with Gasteiger partial charge >= 0.3 is 7.12 Å². The van der Waals surface area contributed by atoms with Gasteiger partial charge in [0.25, 0.3) is 0 Å². The first-order valence-electron chi connectivity index (χ1n) is 5.65. The Morgan fingerprint density at radius 3 is 2.41 bits per heavy atom. The summed E-state index contributed by atoms with van der Waals surface area (Å²) in [6.07, 6.45) is 1.81. The van der Waals surface area contributed by atoms with Crippen molar-refractivity contribution in [1.82, 2.24) is 4.98 Å². The van der Waals surface area contributed by atoms with E-state index in [0.29, 0.717) is 6.61 Å². The number of ether oxygens (including phenoxy) is 1. The van der Waals surface area contributed by atoms with Crippen LogP contribution in [0.15, 0.2) is 6.20 Å². The van der Waals surface area contributed by atoms with Crippen LogP contribution in [-0.4, -0.2) is 30.4 Å². The Morgan fingerprint density at radius 1 is 1.29 bits per heavy atom. The lowest BCUT2D eigenvalue weighted by atomic mass is 9.89. The van der Waals surface area contributed by atoms with Crippen molar-refractivity contribution in [1.29, 1.82) is 0 Å². The van der Waals surface area contributed by atoms with Crippen LogP contribution in [0.5, 0.6) is 0 Å². The molecule has 2 rings (SSSR count). The van der Waals surface area contributed by atoms with E-state index in [1.54, 1.807) is 24.6 Å². The second-order valence-electron chi connectivity index (χ2n) is 5.18. The summed E-state index contributed by atoms with van der Waals surface area (Å²) in [6.45, 7) is 8.71. The molecule has 1 aliphatic rings. The average Bonchev–Trinajstić information content (AvgIpc) is 2.71. The molecule has 1 aromatic heterocycles. The number of aromatic nitrogens is 1. The van der Waals surface area contributed by atoms with Gasteiger partial charge in [-0.2, -0.15) is 0 Å². The Morgan fingerprint density at radius 2 is 1.88 bits per heavy atom. The van der Waals surface area contributed by atoms with Crippen LogP contribution in [0.4, 0.5) is 0 Å². The third kappa shape index (κ3) is 2.40. The van der Waals surface area contributed by atoms with E-state index in [-0.39, 0.29) is 18.3 Å². The van der Waals surface area contributed by atoms with Crippen molar-refractivity contribution >= 4 is 23.2 Å². The summed E-state index contributed by atoms with van der Waals surface area (Å²) in [5, 5.41) is 0.942. The molecule has 0 aromatic carbocycles. The van der Waals surface area contributed by atoms with Crippen molar-refractivity contribution in [2.75, 3.05) is 7.11 Å². The van der Waals surface area contributed by atoms with Crippen molar-refractivity contribution in [2.24, 2.45) is 0 Å². The van der Waals surface area contributed by atoms with Gasteiger partial charge in [0.15, 0.2) is 0 Å². The summed E-state index contributed by atoms with van der Waals surface area (Å²) < 4.78 is 17.9. The van der Waals surface area contributed by atoms with Gasteiger partial charge in [-0.05, 0) is 27.7 Å². The molecule has 0 unspecified atom stereocenters. The first-order chi connectivity index (χ1) is 7.86. The van der Waals surface area contributed by atoms with E-state index in [2.05, 4.69) is 4.98 Å². The average molecular weight is 255 g/mol. The highest BCUT2D eigenvalue weighted by Gasteiger charge is 2.52. The second-order valence-corrected chi connectivity index (χ2v) is 6.32. The van der Waals surface area contributed by atoms with Crippen molar-refractivity contribution in [3.05, 3.63) is 11.2 Å². The normalized spacial score (nSPS) is 22.1. The Bertz CT molecular complexity index is 389. The summed E-state index contributed by atoms with van der Waals surface area (Å²) in [5.74, 6) is 0. The maximum absolute atomic E-state index is 5.95. The van der Waals surface area contributed by atoms with Crippen LogP contribution in [0.25, 0.3) is 0 Å². The molecule has 0 aliphatic carbocycles. The van der Waals surface area contributed by atoms with Crippen LogP contribution < -0.4 is 4.78 Å². The minimum absolute atomic E-state index is 0.303. The molecule has 2 heterocycles. The van der Waals surface area contributed by atoms with Crippen molar-refractivity contribution in [3.63, 3.8) is 0 Å². The monoisotopic (exact) mass is 255 g/mol. The first-order valence-corrected chi connectivity index (χ1v) is 6.46. The van der Waals surface area contributed by atoms with Gasteiger partial charge in [-0.3, -0.25) is 0 Å². The lowest BCUT2D eigenvalue weighted by molar-refractivity contribution is 0.00578. The Hall–Kier alpha value is -0.425. The molecule has 4 nitrogen and oxygen atoms in total. The van der Waals surface area contributed by atoms with Crippen LogP contribution in [0, 0.1) is 0 Å². The van der Waals surface area contributed by atoms with Crippen molar-refractivity contribution in [2.45, 2.75) is 45.5 Å². The van der Waals surface area contributed by atoms with Gasteiger partial charge in [0.2, 0.25) is 0 Å². The van der Waals surface area contributed by atoms with Gasteiger partial charge in [-0.25, -0.2) is 4.98 Å².